The average Bonchev–Trinajstić information content (AvgIpc) is 3.28. The van der Waals surface area contributed by atoms with Crippen LogP contribution in [0.15, 0.2) is 36.4 Å². The lowest BCUT2D eigenvalue weighted by atomic mass is 9.84. The van der Waals surface area contributed by atoms with Crippen LogP contribution in [0.3, 0.4) is 0 Å². The topological polar surface area (TPSA) is 88.1 Å². The number of ether oxygens (including phenoxy) is 2. The van der Waals surface area contributed by atoms with E-state index in [2.05, 4.69) is 15.1 Å². The molecule has 3 fully saturated rings. The number of hydrogen-bond acceptors (Lipinski definition) is 7. The van der Waals surface area contributed by atoms with Crippen molar-refractivity contribution in [3.8, 4) is 17.0 Å². The van der Waals surface area contributed by atoms with Crippen LogP contribution in [-0.2, 0) is 14.3 Å². The first-order valence-corrected chi connectivity index (χ1v) is 13.5. The Morgan fingerprint density at radius 2 is 1.92 bits per heavy atom. The summed E-state index contributed by atoms with van der Waals surface area (Å²) >= 11 is 0. The molecule has 2 amide bonds. The van der Waals surface area contributed by atoms with Gasteiger partial charge in [-0.25, -0.2) is 0 Å². The Morgan fingerprint density at radius 1 is 1.03 bits per heavy atom. The molecular formula is C28H37N5O4. The summed E-state index contributed by atoms with van der Waals surface area (Å²) in [5.74, 6) is 1.81. The molecule has 3 heterocycles. The van der Waals surface area contributed by atoms with Crippen molar-refractivity contribution in [1.82, 2.24) is 20.0 Å². The summed E-state index contributed by atoms with van der Waals surface area (Å²) in [6.07, 6.45) is 5.84. The highest BCUT2D eigenvalue weighted by atomic mass is 16.5. The molecule has 37 heavy (non-hydrogen) atoms. The molecule has 0 bridgehead atoms. The van der Waals surface area contributed by atoms with E-state index >= 15 is 0 Å². The highest BCUT2D eigenvalue weighted by molar-refractivity contribution is 5.86. The molecule has 0 N–H and O–H groups in total. The largest absolute Gasteiger partial charge is 0.497 e. The maximum absolute atomic E-state index is 13.3. The molecule has 0 spiro atoms. The van der Waals surface area contributed by atoms with E-state index in [0.717, 1.165) is 74.5 Å². The second-order valence-electron chi connectivity index (χ2n) is 10.2. The Kier molecular flexibility index (Phi) is 8.18. The first kappa shape index (κ1) is 25.4. The Bertz CT molecular complexity index is 1070. The molecule has 1 aromatic carbocycles. The lowest BCUT2D eigenvalue weighted by molar-refractivity contribution is -0.146. The molecule has 0 radical (unpaired) electrons. The summed E-state index contributed by atoms with van der Waals surface area (Å²) in [6, 6.07) is 11.7. The van der Waals surface area contributed by atoms with E-state index in [0.29, 0.717) is 26.2 Å². The zero-order valence-corrected chi connectivity index (χ0v) is 21.7. The van der Waals surface area contributed by atoms with Crippen LogP contribution in [0.25, 0.3) is 11.3 Å². The van der Waals surface area contributed by atoms with Crippen LogP contribution < -0.4 is 9.64 Å². The van der Waals surface area contributed by atoms with E-state index in [1.54, 1.807) is 12.0 Å². The molecule has 3 aliphatic rings. The summed E-state index contributed by atoms with van der Waals surface area (Å²) in [5, 5.41) is 8.91. The van der Waals surface area contributed by atoms with Crippen LogP contribution in [0, 0.1) is 5.92 Å². The molecule has 2 aliphatic heterocycles. The molecule has 2 saturated heterocycles. The Labute approximate surface area is 218 Å². The van der Waals surface area contributed by atoms with Gasteiger partial charge in [-0.05, 0) is 56.4 Å². The van der Waals surface area contributed by atoms with E-state index in [4.69, 9.17) is 9.47 Å². The van der Waals surface area contributed by atoms with Crippen molar-refractivity contribution in [2.24, 2.45) is 5.92 Å². The fourth-order valence-electron chi connectivity index (χ4n) is 5.27. The second-order valence-corrected chi connectivity index (χ2v) is 10.2. The maximum atomic E-state index is 13.3. The molecule has 2 aromatic rings. The molecule has 198 valence electrons. The lowest BCUT2D eigenvalue weighted by Gasteiger charge is -2.34. The van der Waals surface area contributed by atoms with Crippen molar-refractivity contribution in [2.75, 3.05) is 57.9 Å². The number of rotatable bonds is 8. The van der Waals surface area contributed by atoms with Crippen LogP contribution in [0.2, 0.25) is 0 Å². The van der Waals surface area contributed by atoms with Gasteiger partial charge in [0.2, 0.25) is 11.8 Å². The third-order valence-corrected chi connectivity index (χ3v) is 7.73. The molecule has 9 heteroatoms. The third-order valence-electron chi connectivity index (χ3n) is 7.73. The van der Waals surface area contributed by atoms with Gasteiger partial charge in [0.25, 0.3) is 0 Å². The molecular weight excluding hydrogens is 470 g/mol. The maximum Gasteiger partial charge on any atom is 0.242 e. The average molecular weight is 508 g/mol. The van der Waals surface area contributed by atoms with Crippen molar-refractivity contribution in [3.05, 3.63) is 36.4 Å². The Morgan fingerprint density at radius 3 is 2.62 bits per heavy atom. The number of nitrogens with zero attached hydrogens (tertiary/aromatic N) is 5. The Balaban J connectivity index is 1.18. The van der Waals surface area contributed by atoms with Gasteiger partial charge in [-0.1, -0.05) is 18.6 Å². The number of aromatic nitrogens is 2. The number of methoxy groups -OCH3 is 1. The number of hydrogen-bond donors (Lipinski definition) is 0. The van der Waals surface area contributed by atoms with Gasteiger partial charge in [-0.15, -0.1) is 10.2 Å². The summed E-state index contributed by atoms with van der Waals surface area (Å²) < 4.78 is 11.1. The zero-order valence-electron chi connectivity index (χ0n) is 21.7. The number of amides is 2. The summed E-state index contributed by atoms with van der Waals surface area (Å²) in [5.41, 5.74) is 1.74. The van der Waals surface area contributed by atoms with Crippen molar-refractivity contribution < 1.29 is 19.1 Å². The minimum atomic E-state index is 0.0203. The van der Waals surface area contributed by atoms with E-state index in [9.17, 15) is 9.59 Å². The van der Waals surface area contributed by atoms with Crippen LogP contribution in [-0.4, -0.2) is 90.9 Å². The molecule has 5 rings (SSSR count). The number of carbonyl (C=O) groups excluding carboxylic acids is 2. The summed E-state index contributed by atoms with van der Waals surface area (Å²) in [4.78, 5) is 32.2. The van der Waals surface area contributed by atoms with Gasteiger partial charge >= 0.3 is 0 Å². The van der Waals surface area contributed by atoms with E-state index in [1.807, 2.05) is 41.3 Å². The monoisotopic (exact) mass is 507 g/mol. The van der Waals surface area contributed by atoms with Gasteiger partial charge in [0, 0.05) is 50.8 Å². The molecule has 1 aliphatic carbocycles. The molecule has 1 saturated carbocycles. The standard InChI is InChI=1S/C28H37N5O4/c1-36-23-9-3-8-22(18-23)25-11-12-26(30-29-25)31-13-5-14-32(16-15-31)27(34)20-33(19-24-10-4-17-37-24)28(35)21-6-2-7-21/h3,8-9,11-12,18,21,24H,2,4-7,10,13-17,19-20H2,1H3/t24-/m0/s1. The fourth-order valence-corrected chi connectivity index (χ4v) is 5.27. The van der Waals surface area contributed by atoms with Gasteiger partial charge in [0.15, 0.2) is 5.82 Å². The highest BCUT2D eigenvalue weighted by Crippen LogP contribution is 2.29. The Hall–Kier alpha value is -3.20. The van der Waals surface area contributed by atoms with Crippen LogP contribution in [0.1, 0.15) is 38.5 Å². The SMILES string of the molecule is COc1cccc(-c2ccc(N3CCCN(C(=O)CN(C[C@@H]4CCCO4)C(=O)C4CCC4)CC3)nn2)c1. The molecule has 1 aromatic heterocycles. The van der Waals surface area contributed by atoms with E-state index < -0.39 is 0 Å². The third kappa shape index (κ3) is 6.21. The predicted octanol–water partition coefficient (Wildman–Crippen LogP) is 3.00. The first-order chi connectivity index (χ1) is 18.1. The van der Waals surface area contributed by atoms with Gasteiger partial charge in [0.1, 0.15) is 5.75 Å². The predicted molar refractivity (Wildman–Crippen MR) is 140 cm³/mol. The van der Waals surface area contributed by atoms with Gasteiger partial charge in [-0.2, -0.15) is 0 Å². The van der Waals surface area contributed by atoms with Crippen LogP contribution in [0.4, 0.5) is 5.82 Å². The molecule has 0 unspecified atom stereocenters. The lowest BCUT2D eigenvalue weighted by Crippen LogP contribution is -2.49. The van der Waals surface area contributed by atoms with E-state index in [-0.39, 0.29) is 30.4 Å². The quantitative estimate of drug-likeness (QED) is 0.543. The van der Waals surface area contributed by atoms with Crippen molar-refractivity contribution in [3.63, 3.8) is 0 Å². The zero-order chi connectivity index (χ0) is 25.6. The summed E-state index contributed by atoms with van der Waals surface area (Å²) in [6.45, 7) is 4.17. The molecule has 9 nitrogen and oxygen atoms in total. The van der Waals surface area contributed by atoms with Crippen molar-refractivity contribution in [1.29, 1.82) is 0 Å². The second kappa shape index (κ2) is 11.9. The van der Waals surface area contributed by atoms with Gasteiger partial charge in [-0.3, -0.25) is 9.59 Å². The number of anilines is 1. The minimum Gasteiger partial charge on any atom is -0.497 e. The first-order valence-electron chi connectivity index (χ1n) is 13.5. The van der Waals surface area contributed by atoms with Gasteiger partial charge < -0.3 is 24.2 Å². The van der Waals surface area contributed by atoms with Crippen LogP contribution in [0.5, 0.6) is 5.75 Å². The summed E-state index contributed by atoms with van der Waals surface area (Å²) in [7, 11) is 1.65. The molecule has 1 atom stereocenters. The number of benzene rings is 1. The minimum absolute atomic E-state index is 0.0203. The highest BCUT2D eigenvalue weighted by Gasteiger charge is 2.33. The fraction of sp³-hybridized carbons (Fsp3) is 0.571. The van der Waals surface area contributed by atoms with E-state index in [1.165, 1.54) is 0 Å². The smallest absolute Gasteiger partial charge is 0.242 e. The van der Waals surface area contributed by atoms with Crippen molar-refractivity contribution in [2.45, 2.75) is 44.6 Å². The van der Waals surface area contributed by atoms with Crippen molar-refractivity contribution >= 4 is 17.6 Å². The number of carbonyl (C=O) groups is 2. The van der Waals surface area contributed by atoms with Crippen LogP contribution >= 0.6 is 0 Å². The normalized spacial score (nSPS) is 20.3. The van der Waals surface area contributed by atoms with Gasteiger partial charge in [0.05, 0.1) is 25.5 Å².